The van der Waals surface area contributed by atoms with Crippen molar-refractivity contribution in [1.29, 1.82) is 0 Å². The highest BCUT2D eigenvalue weighted by Crippen LogP contribution is 2.29. The molecular formula is C14H20N2O2S. The Morgan fingerprint density at radius 3 is 2.89 bits per heavy atom. The molecule has 19 heavy (non-hydrogen) atoms. The number of anilines is 2. The summed E-state index contributed by atoms with van der Waals surface area (Å²) in [4.78, 5) is 14.1. The van der Waals surface area contributed by atoms with Gasteiger partial charge in [0, 0.05) is 35.5 Å². The van der Waals surface area contributed by atoms with Crippen LogP contribution >= 0.6 is 11.8 Å². The molecular weight excluding hydrogens is 260 g/mol. The maximum atomic E-state index is 11.8. The second kappa shape index (κ2) is 5.74. The first-order valence-electron chi connectivity index (χ1n) is 6.37. The van der Waals surface area contributed by atoms with E-state index in [0.717, 1.165) is 29.3 Å². The molecule has 5 heteroatoms. The zero-order valence-electron chi connectivity index (χ0n) is 11.6. The Bertz CT molecular complexity index is 491. The molecule has 1 aliphatic rings. The van der Waals surface area contributed by atoms with Gasteiger partial charge in [-0.2, -0.15) is 11.8 Å². The van der Waals surface area contributed by atoms with Crippen molar-refractivity contribution >= 4 is 29.1 Å². The third-order valence-corrected chi connectivity index (χ3v) is 4.67. The highest BCUT2D eigenvalue weighted by molar-refractivity contribution is 7.99. The molecule has 1 fully saturated rings. The summed E-state index contributed by atoms with van der Waals surface area (Å²) in [6.07, 6.45) is 0. The molecule has 0 amide bonds. The zero-order chi connectivity index (χ0) is 14.0. The van der Waals surface area contributed by atoms with E-state index in [1.54, 1.807) is 0 Å². The Hall–Kier alpha value is -1.36. The van der Waals surface area contributed by atoms with Crippen molar-refractivity contribution in [1.82, 2.24) is 0 Å². The lowest BCUT2D eigenvalue weighted by atomic mass is 10.1. The van der Waals surface area contributed by atoms with Gasteiger partial charge in [-0.1, -0.05) is 0 Å². The number of nitrogens with zero attached hydrogens (tertiary/aromatic N) is 1. The van der Waals surface area contributed by atoms with Crippen LogP contribution in [0.25, 0.3) is 0 Å². The average Bonchev–Trinajstić information content (AvgIpc) is 2.41. The number of nitrogens with two attached hydrogens (primary N) is 1. The van der Waals surface area contributed by atoms with Crippen LogP contribution in [-0.4, -0.2) is 37.2 Å². The molecule has 0 radical (unpaired) electrons. The smallest absolute Gasteiger partial charge is 0.340 e. The molecule has 1 unspecified atom stereocenters. The summed E-state index contributed by atoms with van der Waals surface area (Å²) in [5, 5.41) is 0. The Morgan fingerprint density at radius 2 is 2.26 bits per heavy atom. The third kappa shape index (κ3) is 2.81. The lowest BCUT2D eigenvalue weighted by Gasteiger charge is -2.35. The van der Waals surface area contributed by atoms with Gasteiger partial charge in [0.1, 0.15) is 0 Å². The van der Waals surface area contributed by atoms with Crippen LogP contribution in [0.5, 0.6) is 0 Å². The van der Waals surface area contributed by atoms with E-state index in [1.807, 2.05) is 30.8 Å². The largest absolute Gasteiger partial charge is 0.465 e. The third-order valence-electron chi connectivity index (χ3n) is 3.48. The monoisotopic (exact) mass is 280 g/mol. The van der Waals surface area contributed by atoms with Crippen LogP contribution in [0.2, 0.25) is 0 Å². The normalized spacial score (nSPS) is 19.3. The highest BCUT2D eigenvalue weighted by atomic mass is 32.2. The first-order valence-corrected chi connectivity index (χ1v) is 7.53. The molecule has 0 aliphatic carbocycles. The van der Waals surface area contributed by atoms with Crippen molar-refractivity contribution < 1.29 is 9.53 Å². The minimum Gasteiger partial charge on any atom is -0.465 e. The van der Waals surface area contributed by atoms with Crippen molar-refractivity contribution in [2.75, 3.05) is 35.8 Å². The van der Waals surface area contributed by atoms with Crippen molar-refractivity contribution in [3.63, 3.8) is 0 Å². The number of ether oxygens (including phenoxy) is 1. The van der Waals surface area contributed by atoms with E-state index >= 15 is 0 Å². The fraction of sp³-hybridized carbons (Fsp3) is 0.500. The number of hydrogen-bond acceptors (Lipinski definition) is 5. The van der Waals surface area contributed by atoms with Crippen molar-refractivity contribution in [2.45, 2.75) is 19.9 Å². The van der Waals surface area contributed by atoms with Crippen molar-refractivity contribution in [2.24, 2.45) is 0 Å². The van der Waals surface area contributed by atoms with Gasteiger partial charge in [0.15, 0.2) is 0 Å². The first kappa shape index (κ1) is 14.1. The molecule has 0 bridgehead atoms. The fourth-order valence-electron chi connectivity index (χ4n) is 2.33. The molecule has 1 heterocycles. The molecule has 0 saturated carbocycles. The predicted molar refractivity (Wildman–Crippen MR) is 81.1 cm³/mol. The van der Waals surface area contributed by atoms with Crippen molar-refractivity contribution in [3.8, 4) is 0 Å². The van der Waals surface area contributed by atoms with E-state index in [-0.39, 0.29) is 5.97 Å². The van der Waals surface area contributed by atoms with E-state index in [2.05, 4.69) is 11.8 Å². The Labute approximate surface area is 118 Å². The number of carbonyl (C=O) groups is 1. The number of nitrogen functional groups attached to an aromatic ring is 1. The molecule has 1 aromatic carbocycles. The van der Waals surface area contributed by atoms with E-state index in [9.17, 15) is 4.79 Å². The molecule has 2 N–H and O–H groups in total. The number of thioether (sulfide) groups is 1. The quantitative estimate of drug-likeness (QED) is 0.665. The lowest BCUT2D eigenvalue weighted by Crippen LogP contribution is -2.40. The van der Waals surface area contributed by atoms with Crippen LogP contribution in [0, 0.1) is 6.92 Å². The van der Waals surface area contributed by atoms with E-state index in [0.29, 0.717) is 17.3 Å². The van der Waals surface area contributed by atoms with E-state index < -0.39 is 0 Å². The number of carbonyl (C=O) groups excluding carboxylic acids is 1. The zero-order valence-corrected chi connectivity index (χ0v) is 12.4. The van der Waals surface area contributed by atoms with E-state index in [1.165, 1.54) is 7.11 Å². The predicted octanol–water partition coefficient (Wildman–Crippen LogP) is 2.31. The molecule has 2 rings (SSSR count). The Kier molecular flexibility index (Phi) is 4.24. The van der Waals surface area contributed by atoms with E-state index in [4.69, 9.17) is 10.5 Å². The average molecular weight is 280 g/mol. The van der Waals surface area contributed by atoms with Crippen LogP contribution in [0.1, 0.15) is 22.8 Å². The van der Waals surface area contributed by atoms with Gasteiger partial charge in [-0.25, -0.2) is 4.79 Å². The van der Waals surface area contributed by atoms with Gasteiger partial charge in [-0.05, 0) is 31.5 Å². The summed E-state index contributed by atoms with van der Waals surface area (Å²) in [6.45, 7) is 5.13. The molecule has 104 valence electrons. The molecule has 1 aromatic rings. The molecule has 4 nitrogen and oxygen atoms in total. The van der Waals surface area contributed by atoms with Gasteiger partial charge in [0.25, 0.3) is 0 Å². The van der Waals surface area contributed by atoms with Crippen LogP contribution < -0.4 is 10.6 Å². The van der Waals surface area contributed by atoms with Crippen LogP contribution in [-0.2, 0) is 4.74 Å². The summed E-state index contributed by atoms with van der Waals surface area (Å²) >= 11 is 1.97. The second-order valence-electron chi connectivity index (χ2n) is 4.83. The molecule has 1 saturated heterocycles. The molecule has 0 aromatic heterocycles. The summed E-state index contributed by atoms with van der Waals surface area (Å²) in [5.41, 5.74) is 8.91. The van der Waals surface area contributed by atoms with Crippen LogP contribution in [0.4, 0.5) is 11.4 Å². The molecule has 1 atom stereocenters. The van der Waals surface area contributed by atoms with Crippen LogP contribution in [0.15, 0.2) is 12.1 Å². The summed E-state index contributed by atoms with van der Waals surface area (Å²) < 4.78 is 4.80. The fourth-order valence-corrected chi connectivity index (χ4v) is 3.35. The van der Waals surface area contributed by atoms with Gasteiger partial charge in [0.05, 0.1) is 12.7 Å². The van der Waals surface area contributed by atoms with Crippen LogP contribution in [0.3, 0.4) is 0 Å². The number of aryl methyl sites for hydroxylation is 1. The Morgan fingerprint density at radius 1 is 1.53 bits per heavy atom. The topological polar surface area (TPSA) is 55.6 Å². The van der Waals surface area contributed by atoms with Gasteiger partial charge in [-0.3, -0.25) is 0 Å². The van der Waals surface area contributed by atoms with Crippen molar-refractivity contribution in [3.05, 3.63) is 23.3 Å². The SMILES string of the molecule is COC(=O)c1cc(N2CCSCC2C)cc(C)c1N. The standard InChI is InChI=1S/C14H20N2O2S/c1-9-6-11(16-4-5-19-8-10(16)2)7-12(13(9)15)14(17)18-3/h6-7,10H,4-5,8,15H2,1-3H3. The second-order valence-corrected chi connectivity index (χ2v) is 5.98. The molecule has 0 spiro atoms. The number of benzene rings is 1. The first-order chi connectivity index (χ1) is 9.04. The van der Waals surface area contributed by atoms with Gasteiger partial charge in [0.2, 0.25) is 0 Å². The maximum Gasteiger partial charge on any atom is 0.340 e. The lowest BCUT2D eigenvalue weighted by molar-refractivity contribution is 0.0602. The number of rotatable bonds is 2. The summed E-state index contributed by atoms with van der Waals surface area (Å²) in [7, 11) is 1.38. The highest BCUT2D eigenvalue weighted by Gasteiger charge is 2.22. The number of esters is 1. The van der Waals surface area contributed by atoms with Gasteiger partial charge in [-0.15, -0.1) is 0 Å². The Balaban J connectivity index is 2.41. The minimum atomic E-state index is -0.374. The maximum absolute atomic E-state index is 11.8. The van der Waals surface area contributed by atoms with Gasteiger partial charge < -0.3 is 15.4 Å². The summed E-state index contributed by atoms with van der Waals surface area (Å²) in [6, 6.07) is 4.36. The number of methoxy groups -OCH3 is 1. The number of hydrogen-bond donors (Lipinski definition) is 1. The van der Waals surface area contributed by atoms with Gasteiger partial charge >= 0.3 is 5.97 Å². The minimum absolute atomic E-state index is 0.374. The summed E-state index contributed by atoms with van der Waals surface area (Å²) in [5.74, 6) is 1.85. The molecule has 1 aliphatic heterocycles.